The van der Waals surface area contributed by atoms with Gasteiger partial charge in [0, 0.05) is 11.5 Å². The van der Waals surface area contributed by atoms with Gasteiger partial charge in [-0.2, -0.15) is 0 Å². The molecule has 1 aromatic rings. The summed E-state index contributed by atoms with van der Waals surface area (Å²) in [6, 6.07) is 0. The molecule has 5 nitrogen and oxygen atoms in total. The summed E-state index contributed by atoms with van der Waals surface area (Å²) in [4.78, 5) is 20.4. The number of amides is 1. The maximum atomic E-state index is 12.2. The van der Waals surface area contributed by atoms with Crippen molar-refractivity contribution in [1.29, 1.82) is 0 Å². The zero-order chi connectivity index (χ0) is 15.4. The van der Waals surface area contributed by atoms with Gasteiger partial charge in [0.25, 0.3) is 0 Å². The summed E-state index contributed by atoms with van der Waals surface area (Å²) < 4.78 is 0. The van der Waals surface area contributed by atoms with E-state index in [1.54, 1.807) is 0 Å². The molecule has 0 spiro atoms. The standard InChI is InChI=1S/C15H23ClN4O/c1-9(2)12-13(16)17-8-18-14(12)19-20-15(21)11-6-4-5-10(3)7-11/h8-11H,4-7H2,1-3H3,(H,20,21)(H,17,18,19)/t10-,11+/m0/s1. The zero-order valence-electron chi connectivity index (χ0n) is 12.8. The van der Waals surface area contributed by atoms with E-state index in [2.05, 4.69) is 27.7 Å². The Morgan fingerprint density at radius 2 is 2.14 bits per heavy atom. The summed E-state index contributed by atoms with van der Waals surface area (Å²) in [5.74, 6) is 1.48. The van der Waals surface area contributed by atoms with Gasteiger partial charge in [-0.25, -0.2) is 9.97 Å². The number of hydrazine groups is 1. The van der Waals surface area contributed by atoms with Gasteiger partial charge in [0.05, 0.1) is 0 Å². The number of rotatable bonds is 4. The lowest BCUT2D eigenvalue weighted by molar-refractivity contribution is -0.125. The lowest BCUT2D eigenvalue weighted by atomic mass is 9.82. The normalized spacial score (nSPS) is 22.1. The second-order valence-electron chi connectivity index (χ2n) is 6.16. The van der Waals surface area contributed by atoms with Crippen molar-refractivity contribution >= 4 is 23.3 Å². The SMILES string of the molecule is CC(C)c1c(Cl)ncnc1NNC(=O)[C@@H]1CCC[C@H](C)C1. The van der Waals surface area contributed by atoms with Gasteiger partial charge in [-0.1, -0.05) is 45.2 Å². The molecule has 1 saturated carbocycles. The van der Waals surface area contributed by atoms with E-state index in [4.69, 9.17) is 11.6 Å². The van der Waals surface area contributed by atoms with Crippen molar-refractivity contribution in [1.82, 2.24) is 15.4 Å². The quantitative estimate of drug-likeness (QED) is 0.659. The van der Waals surface area contributed by atoms with Crippen LogP contribution in [0.5, 0.6) is 0 Å². The second-order valence-corrected chi connectivity index (χ2v) is 6.52. The number of anilines is 1. The molecule has 1 fully saturated rings. The van der Waals surface area contributed by atoms with Crippen molar-refractivity contribution in [2.75, 3.05) is 5.43 Å². The van der Waals surface area contributed by atoms with Crippen LogP contribution in [0, 0.1) is 11.8 Å². The first-order valence-electron chi connectivity index (χ1n) is 7.55. The Bertz CT molecular complexity index is 506. The molecule has 0 unspecified atom stereocenters. The highest BCUT2D eigenvalue weighted by molar-refractivity contribution is 6.30. The van der Waals surface area contributed by atoms with Gasteiger partial charge in [-0.05, 0) is 24.7 Å². The van der Waals surface area contributed by atoms with Crippen LogP contribution in [0.15, 0.2) is 6.33 Å². The molecule has 0 bridgehead atoms. The van der Waals surface area contributed by atoms with Gasteiger partial charge < -0.3 is 0 Å². The Hall–Kier alpha value is -1.36. The zero-order valence-corrected chi connectivity index (χ0v) is 13.6. The van der Waals surface area contributed by atoms with Crippen molar-refractivity contribution in [2.24, 2.45) is 11.8 Å². The molecular weight excluding hydrogens is 288 g/mol. The van der Waals surface area contributed by atoms with E-state index in [-0.39, 0.29) is 17.7 Å². The first-order chi connectivity index (χ1) is 9.99. The molecule has 0 aromatic carbocycles. The lowest BCUT2D eigenvalue weighted by Crippen LogP contribution is -2.37. The fourth-order valence-corrected chi connectivity index (χ4v) is 3.23. The number of carbonyl (C=O) groups excluding carboxylic acids is 1. The van der Waals surface area contributed by atoms with Crippen molar-refractivity contribution in [2.45, 2.75) is 52.4 Å². The van der Waals surface area contributed by atoms with Gasteiger partial charge in [0.1, 0.15) is 11.5 Å². The van der Waals surface area contributed by atoms with Gasteiger partial charge in [0.15, 0.2) is 5.82 Å². The Morgan fingerprint density at radius 3 is 2.81 bits per heavy atom. The topological polar surface area (TPSA) is 66.9 Å². The molecule has 116 valence electrons. The third-order valence-electron chi connectivity index (χ3n) is 4.02. The summed E-state index contributed by atoms with van der Waals surface area (Å²) in [6.45, 7) is 6.23. The number of hydrogen-bond donors (Lipinski definition) is 2. The van der Waals surface area contributed by atoms with Crippen LogP contribution in [-0.2, 0) is 4.79 Å². The molecular formula is C15H23ClN4O. The smallest absolute Gasteiger partial charge is 0.241 e. The molecule has 1 aromatic heterocycles. The van der Waals surface area contributed by atoms with Gasteiger partial charge in [0.2, 0.25) is 5.91 Å². The number of hydrogen-bond acceptors (Lipinski definition) is 4. The number of aromatic nitrogens is 2. The Kier molecular flexibility index (Phi) is 5.39. The molecule has 21 heavy (non-hydrogen) atoms. The molecule has 0 saturated heterocycles. The lowest BCUT2D eigenvalue weighted by Gasteiger charge is -2.26. The van der Waals surface area contributed by atoms with Crippen LogP contribution in [0.2, 0.25) is 5.15 Å². The molecule has 2 N–H and O–H groups in total. The highest BCUT2D eigenvalue weighted by Gasteiger charge is 2.25. The predicted octanol–water partition coefficient (Wildman–Crippen LogP) is 3.52. The highest BCUT2D eigenvalue weighted by atomic mass is 35.5. The molecule has 1 aliphatic rings. The number of carbonyl (C=O) groups is 1. The first kappa shape index (κ1) is 16.0. The minimum absolute atomic E-state index is 0.0333. The third kappa shape index (κ3) is 4.06. The first-order valence-corrected chi connectivity index (χ1v) is 7.93. The summed E-state index contributed by atoms with van der Waals surface area (Å²) in [7, 11) is 0. The molecule has 1 heterocycles. The third-order valence-corrected chi connectivity index (χ3v) is 4.33. The molecule has 2 atom stereocenters. The van der Waals surface area contributed by atoms with Crippen LogP contribution in [0.4, 0.5) is 5.82 Å². The van der Waals surface area contributed by atoms with E-state index in [0.29, 0.717) is 16.9 Å². The molecule has 0 radical (unpaired) electrons. The minimum atomic E-state index is 0.0333. The van der Waals surface area contributed by atoms with E-state index < -0.39 is 0 Å². The van der Waals surface area contributed by atoms with Gasteiger partial charge in [-0.15, -0.1) is 0 Å². The molecule has 1 aliphatic carbocycles. The maximum absolute atomic E-state index is 12.2. The number of nitrogens with zero attached hydrogens (tertiary/aromatic N) is 2. The Morgan fingerprint density at radius 1 is 1.38 bits per heavy atom. The van der Waals surface area contributed by atoms with E-state index in [1.165, 1.54) is 12.7 Å². The van der Waals surface area contributed by atoms with E-state index >= 15 is 0 Å². The van der Waals surface area contributed by atoms with Crippen LogP contribution < -0.4 is 10.9 Å². The molecule has 2 rings (SSSR count). The fraction of sp³-hybridized carbons (Fsp3) is 0.667. The van der Waals surface area contributed by atoms with Crippen LogP contribution in [0.1, 0.15) is 57.9 Å². The average molecular weight is 311 g/mol. The monoisotopic (exact) mass is 310 g/mol. The van der Waals surface area contributed by atoms with Crippen molar-refractivity contribution in [3.63, 3.8) is 0 Å². The molecule has 0 aliphatic heterocycles. The van der Waals surface area contributed by atoms with Crippen LogP contribution in [-0.4, -0.2) is 15.9 Å². The summed E-state index contributed by atoms with van der Waals surface area (Å²) in [5, 5.41) is 0.419. The second kappa shape index (κ2) is 7.07. The van der Waals surface area contributed by atoms with Crippen molar-refractivity contribution in [3.8, 4) is 0 Å². The highest BCUT2D eigenvalue weighted by Crippen LogP contribution is 2.29. The minimum Gasteiger partial charge on any atom is -0.281 e. The van der Waals surface area contributed by atoms with Crippen LogP contribution in [0.25, 0.3) is 0 Å². The Balaban J connectivity index is 2.00. The summed E-state index contributed by atoms with van der Waals surface area (Å²) >= 11 is 6.10. The largest absolute Gasteiger partial charge is 0.281 e. The van der Waals surface area contributed by atoms with E-state index in [9.17, 15) is 4.79 Å². The molecule has 1 amide bonds. The van der Waals surface area contributed by atoms with E-state index in [0.717, 1.165) is 24.8 Å². The summed E-state index contributed by atoms with van der Waals surface area (Å²) in [6.07, 6.45) is 5.64. The number of nitrogens with one attached hydrogen (secondary N) is 2. The van der Waals surface area contributed by atoms with Gasteiger partial charge >= 0.3 is 0 Å². The molecule has 6 heteroatoms. The maximum Gasteiger partial charge on any atom is 0.241 e. The van der Waals surface area contributed by atoms with Gasteiger partial charge in [-0.3, -0.25) is 15.6 Å². The Labute approximate surface area is 130 Å². The number of halogens is 1. The summed E-state index contributed by atoms with van der Waals surface area (Å²) in [5.41, 5.74) is 6.50. The average Bonchev–Trinajstić information content (AvgIpc) is 2.44. The van der Waals surface area contributed by atoms with Crippen molar-refractivity contribution < 1.29 is 4.79 Å². The van der Waals surface area contributed by atoms with Crippen LogP contribution >= 0.6 is 11.6 Å². The van der Waals surface area contributed by atoms with Crippen LogP contribution in [0.3, 0.4) is 0 Å². The fourth-order valence-electron chi connectivity index (χ4n) is 2.88. The predicted molar refractivity (Wildman–Crippen MR) is 84.0 cm³/mol. The van der Waals surface area contributed by atoms with E-state index in [1.807, 2.05) is 13.8 Å². The van der Waals surface area contributed by atoms with Crippen molar-refractivity contribution in [3.05, 3.63) is 17.0 Å².